The zero-order valence-electron chi connectivity index (χ0n) is 12.9. The molecule has 0 atom stereocenters. The second-order valence-corrected chi connectivity index (χ2v) is 6.80. The van der Waals surface area contributed by atoms with Gasteiger partial charge < -0.3 is 15.3 Å². The van der Waals surface area contributed by atoms with Crippen molar-refractivity contribution in [2.24, 2.45) is 0 Å². The van der Waals surface area contributed by atoms with Crippen LogP contribution in [-0.2, 0) is 16.2 Å². The minimum absolute atomic E-state index is 0.0465. The van der Waals surface area contributed by atoms with Gasteiger partial charge in [-0.3, -0.25) is 19.5 Å². The summed E-state index contributed by atoms with van der Waals surface area (Å²) in [6.07, 6.45) is 3.17. The molecule has 0 saturated carbocycles. The lowest BCUT2D eigenvalue weighted by molar-refractivity contribution is -0.137. The lowest BCUT2D eigenvalue weighted by Crippen LogP contribution is -2.29. The Hall–Kier alpha value is -1.97. The number of rotatable bonds is 6. The summed E-state index contributed by atoms with van der Waals surface area (Å²) in [5.74, 6) is -1.37. The monoisotopic (exact) mass is 368 g/mol. The summed E-state index contributed by atoms with van der Waals surface area (Å²) in [5, 5.41) is 28.2. The molecule has 0 radical (unpaired) electrons. The fourth-order valence-corrected chi connectivity index (χ4v) is 3.44. The van der Waals surface area contributed by atoms with Gasteiger partial charge in [-0.05, 0) is 19.4 Å². The predicted octanol–water partition coefficient (Wildman–Crippen LogP) is 1.65. The summed E-state index contributed by atoms with van der Waals surface area (Å²) in [5.41, 5.74) is 1.11. The molecular weight excluding hydrogens is 352 g/mol. The number of aliphatic carboxylic acids is 1. The molecule has 128 valence electrons. The third-order valence-electron chi connectivity index (χ3n) is 3.45. The summed E-state index contributed by atoms with van der Waals surface area (Å²) in [7, 11) is 0. The maximum Gasteiger partial charge on any atom is 0.303 e. The number of amides is 1. The Morgan fingerprint density at radius 3 is 2.83 bits per heavy atom. The molecule has 1 aliphatic rings. The number of aliphatic hydroxyl groups is 1. The third kappa shape index (κ3) is 3.92. The summed E-state index contributed by atoms with van der Waals surface area (Å²) < 4.78 is 0.340. The van der Waals surface area contributed by atoms with E-state index in [1.165, 1.54) is 17.2 Å². The molecule has 0 bridgehead atoms. The van der Waals surface area contributed by atoms with E-state index in [1.54, 1.807) is 6.92 Å². The molecule has 1 aromatic rings. The van der Waals surface area contributed by atoms with E-state index in [0.29, 0.717) is 32.5 Å². The number of hydrogen-bond donors (Lipinski definition) is 3. The van der Waals surface area contributed by atoms with Crippen molar-refractivity contribution in [1.82, 2.24) is 9.88 Å². The van der Waals surface area contributed by atoms with Crippen LogP contribution < -0.4 is 0 Å². The van der Waals surface area contributed by atoms with E-state index in [1.807, 2.05) is 0 Å². The van der Waals surface area contributed by atoms with E-state index >= 15 is 0 Å². The highest BCUT2D eigenvalue weighted by atomic mass is 32.2. The molecule has 1 fully saturated rings. The van der Waals surface area contributed by atoms with Gasteiger partial charge in [0.25, 0.3) is 5.91 Å². The van der Waals surface area contributed by atoms with Gasteiger partial charge in [0, 0.05) is 30.3 Å². The number of aromatic nitrogens is 1. The van der Waals surface area contributed by atoms with Crippen molar-refractivity contribution in [3.05, 3.63) is 27.9 Å². The molecular formula is C15H16N2O5S2. The highest BCUT2D eigenvalue weighted by Crippen LogP contribution is 2.35. The Kier molecular flexibility index (Phi) is 5.92. The van der Waals surface area contributed by atoms with Crippen LogP contribution in [0.15, 0.2) is 11.1 Å². The summed E-state index contributed by atoms with van der Waals surface area (Å²) in [4.78, 5) is 28.6. The van der Waals surface area contributed by atoms with Crippen LogP contribution in [0.25, 0.3) is 6.08 Å². The molecule has 24 heavy (non-hydrogen) atoms. The number of carboxylic acid groups (broad SMARTS) is 1. The highest BCUT2D eigenvalue weighted by Gasteiger charge is 2.32. The van der Waals surface area contributed by atoms with Crippen molar-refractivity contribution in [2.45, 2.75) is 26.4 Å². The number of thioether (sulfide) groups is 1. The number of carboxylic acids is 1. The average molecular weight is 368 g/mol. The number of aryl methyl sites for hydroxylation is 1. The molecule has 1 amide bonds. The van der Waals surface area contributed by atoms with Crippen LogP contribution in [0, 0.1) is 6.92 Å². The topological polar surface area (TPSA) is 111 Å². The van der Waals surface area contributed by atoms with E-state index in [4.69, 9.17) is 17.3 Å². The largest absolute Gasteiger partial charge is 0.505 e. The lowest BCUT2D eigenvalue weighted by atomic mass is 10.1. The van der Waals surface area contributed by atoms with Crippen LogP contribution in [0.5, 0.6) is 5.75 Å². The lowest BCUT2D eigenvalue weighted by Gasteiger charge is -2.13. The smallest absolute Gasteiger partial charge is 0.303 e. The van der Waals surface area contributed by atoms with Gasteiger partial charge in [0.05, 0.1) is 17.2 Å². The van der Waals surface area contributed by atoms with Crippen molar-refractivity contribution >= 4 is 46.3 Å². The molecule has 3 N–H and O–H groups in total. The van der Waals surface area contributed by atoms with Gasteiger partial charge in [0.15, 0.2) is 0 Å². The molecule has 9 heteroatoms. The number of hydrogen-bond acceptors (Lipinski definition) is 7. The molecule has 0 aromatic carbocycles. The number of pyridine rings is 1. The van der Waals surface area contributed by atoms with Gasteiger partial charge in [-0.1, -0.05) is 24.0 Å². The standard InChI is InChI=1S/C15H16N2O5S2/c1-8-13(21)10(9(7-18)6-16-8)5-11-14(22)17(15(23)24-11)4-2-3-12(19)20/h5-6,18,21H,2-4,7H2,1H3,(H,19,20). The predicted molar refractivity (Wildman–Crippen MR) is 93.3 cm³/mol. The third-order valence-corrected chi connectivity index (χ3v) is 4.83. The van der Waals surface area contributed by atoms with Crippen molar-refractivity contribution in [1.29, 1.82) is 0 Å². The van der Waals surface area contributed by atoms with Gasteiger partial charge in [-0.15, -0.1) is 0 Å². The van der Waals surface area contributed by atoms with Gasteiger partial charge >= 0.3 is 5.97 Å². The fraction of sp³-hybridized carbons (Fsp3) is 0.333. The van der Waals surface area contributed by atoms with Gasteiger partial charge in [-0.2, -0.15) is 0 Å². The Morgan fingerprint density at radius 2 is 2.21 bits per heavy atom. The van der Waals surface area contributed by atoms with E-state index in [2.05, 4.69) is 4.98 Å². The molecule has 1 saturated heterocycles. The van der Waals surface area contributed by atoms with E-state index in [-0.39, 0.29) is 31.2 Å². The molecule has 7 nitrogen and oxygen atoms in total. The Bertz CT molecular complexity index is 733. The fourth-order valence-electron chi connectivity index (χ4n) is 2.15. The quantitative estimate of drug-likeness (QED) is 0.513. The van der Waals surface area contributed by atoms with Crippen molar-refractivity contribution in [2.75, 3.05) is 6.54 Å². The zero-order chi connectivity index (χ0) is 17.9. The minimum Gasteiger partial charge on any atom is -0.505 e. The van der Waals surface area contributed by atoms with Crippen LogP contribution in [0.4, 0.5) is 0 Å². The van der Waals surface area contributed by atoms with Crippen molar-refractivity contribution in [3.63, 3.8) is 0 Å². The van der Waals surface area contributed by atoms with E-state index in [9.17, 15) is 19.8 Å². The molecule has 0 spiro atoms. The van der Waals surface area contributed by atoms with Gasteiger partial charge in [0.1, 0.15) is 10.1 Å². The molecule has 2 heterocycles. The average Bonchev–Trinajstić information content (AvgIpc) is 2.79. The van der Waals surface area contributed by atoms with Crippen LogP contribution in [0.1, 0.15) is 29.7 Å². The number of aromatic hydroxyl groups is 1. The van der Waals surface area contributed by atoms with E-state index < -0.39 is 5.97 Å². The van der Waals surface area contributed by atoms with Crippen LogP contribution in [0.3, 0.4) is 0 Å². The number of thiocarbonyl (C=S) groups is 1. The zero-order valence-corrected chi connectivity index (χ0v) is 14.5. The maximum atomic E-state index is 12.4. The first-order valence-electron chi connectivity index (χ1n) is 7.10. The second kappa shape index (κ2) is 7.73. The Morgan fingerprint density at radius 1 is 1.50 bits per heavy atom. The summed E-state index contributed by atoms with van der Waals surface area (Å²) >= 11 is 6.24. The van der Waals surface area contributed by atoms with Gasteiger partial charge in [-0.25, -0.2) is 0 Å². The maximum absolute atomic E-state index is 12.4. The van der Waals surface area contributed by atoms with Crippen LogP contribution >= 0.6 is 24.0 Å². The number of carbonyl (C=O) groups excluding carboxylic acids is 1. The first-order valence-corrected chi connectivity index (χ1v) is 8.33. The number of nitrogens with zero attached hydrogens (tertiary/aromatic N) is 2. The van der Waals surface area contributed by atoms with Crippen molar-refractivity contribution in [3.8, 4) is 5.75 Å². The van der Waals surface area contributed by atoms with Crippen LogP contribution in [0.2, 0.25) is 0 Å². The van der Waals surface area contributed by atoms with Crippen LogP contribution in [-0.4, -0.2) is 47.9 Å². The first-order chi connectivity index (χ1) is 11.3. The number of carbonyl (C=O) groups is 2. The minimum atomic E-state index is -0.930. The first kappa shape index (κ1) is 18.4. The SMILES string of the molecule is Cc1ncc(CO)c(C=C2SC(=S)N(CCCC(=O)O)C2=O)c1O. The van der Waals surface area contributed by atoms with Gasteiger partial charge in [0.2, 0.25) is 0 Å². The Labute approximate surface area is 148 Å². The molecule has 1 aromatic heterocycles. The molecule has 0 unspecified atom stereocenters. The Balaban J connectivity index is 2.26. The van der Waals surface area contributed by atoms with E-state index in [0.717, 1.165) is 11.8 Å². The summed E-state index contributed by atoms with van der Waals surface area (Å²) in [6, 6.07) is 0. The highest BCUT2D eigenvalue weighted by molar-refractivity contribution is 8.26. The normalized spacial score (nSPS) is 16.2. The molecule has 0 aliphatic carbocycles. The molecule has 1 aliphatic heterocycles. The summed E-state index contributed by atoms with van der Waals surface area (Å²) in [6.45, 7) is 1.51. The second-order valence-electron chi connectivity index (χ2n) is 5.12. The van der Waals surface area contributed by atoms with Crippen molar-refractivity contribution < 1.29 is 24.9 Å². The molecule has 2 rings (SSSR count). The number of aliphatic hydroxyl groups excluding tert-OH is 1.